The van der Waals surface area contributed by atoms with Gasteiger partial charge < -0.3 is 5.73 Å². The topological polar surface area (TPSA) is 26.0 Å². The highest BCUT2D eigenvalue weighted by Crippen LogP contribution is 2.05. The third-order valence-electron chi connectivity index (χ3n) is 3.29. The van der Waals surface area contributed by atoms with E-state index < -0.39 is 0 Å². The summed E-state index contributed by atoms with van der Waals surface area (Å²) in [6.45, 7) is 3.01. The van der Waals surface area contributed by atoms with Crippen LogP contribution in [0.15, 0.2) is 48.6 Å². The Bertz CT molecular complexity index is 297. The fraction of sp³-hybridized carbons (Fsp3) is 0.600. The van der Waals surface area contributed by atoms with E-state index in [0.717, 1.165) is 32.2 Å². The van der Waals surface area contributed by atoms with Crippen LogP contribution in [0.25, 0.3) is 0 Å². The summed E-state index contributed by atoms with van der Waals surface area (Å²) in [5.41, 5.74) is 5.47. The van der Waals surface area contributed by atoms with Gasteiger partial charge >= 0.3 is 0 Å². The van der Waals surface area contributed by atoms with E-state index in [4.69, 9.17) is 5.73 Å². The van der Waals surface area contributed by atoms with Crippen molar-refractivity contribution in [3.8, 4) is 0 Å². The van der Waals surface area contributed by atoms with Gasteiger partial charge in [-0.1, -0.05) is 74.8 Å². The molecule has 21 heavy (non-hydrogen) atoms. The maximum Gasteiger partial charge on any atom is -0.00773 e. The largest absolute Gasteiger partial charge is 0.330 e. The maximum atomic E-state index is 5.47. The van der Waals surface area contributed by atoms with Gasteiger partial charge in [0.2, 0.25) is 0 Å². The lowest BCUT2D eigenvalue weighted by atomic mass is 10.1. The Morgan fingerprint density at radius 2 is 1.05 bits per heavy atom. The molecule has 0 fully saturated rings. The Labute approximate surface area is 132 Å². The van der Waals surface area contributed by atoms with Crippen LogP contribution < -0.4 is 5.73 Å². The van der Waals surface area contributed by atoms with Crippen LogP contribution in [0.4, 0.5) is 0 Å². The van der Waals surface area contributed by atoms with Crippen LogP contribution in [-0.2, 0) is 0 Å². The van der Waals surface area contributed by atoms with E-state index in [2.05, 4.69) is 55.5 Å². The van der Waals surface area contributed by atoms with Gasteiger partial charge in [-0.15, -0.1) is 0 Å². The van der Waals surface area contributed by atoms with Crippen molar-refractivity contribution in [2.24, 2.45) is 5.73 Å². The zero-order valence-electron chi connectivity index (χ0n) is 14.0. The highest BCUT2D eigenvalue weighted by atomic mass is 14.5. The molecule has 0 heterocycles. The van der Waals surface area contributed by atoms with Crippen LogP contribution >= 0.6 is 0 Å². The number of nitrogens with two attached hydrogens (primary N) is 1. The molecule has 0 unspecified atom stereocenters. The average molecular weight is 290 g/mol. The lowest BCUT2D eigenvalue weighted by Crippen LogP contribution is -1.97. The Morgan fingerprint density at radius 1 is 0.571 bits per heavy atom. The van der Waals surface area contributed by atoms with Crippen molar-refractivity contribution in [3.05, 3.63) is 48.6 Å². The molecule has 0 aliphatic heterocycles. The van der Waals surface area contributed by atoms with Crippen molar-refractivity contribution >= 4 is 0 Å². The molecule has 1 heteroatoms. The van der Waals surface area contributed by atoms with E-state index in [1.165, 1.54) is 38.5 Å². The van der Waals surface area contributed by atoms with E-state index >= 15 is 0 Å². The molecule has 0 saturated heterocycles. The molecule has 0 spiro atoms. The number of unbranched alkanes of at least 4 members (excludes halogenated alkanes) is 5. The maximum absolute atomic E-state index is 5.47. The molecule has 1 nitrogen and oxygen atoms in total. The molecule has 0 saturated carbocycles. The zero-order chi connectivity index (χ0) is 15.4. The lowest BCUT2D eigenvalue weighted by Gasteiger charge is -1.97. The first-order valence-corrected chi connectivity index (χ1v) is 8.71. The van der Waals surface area contributed by atoms with Crippen molar-refractivity contribution < 1.29 is 0 Å². The van der Waals surface area contributed by atoms with Crippen molar-refractivity contribution in [1.29, 1.82) is 0 Å². The van der Waals surface area contributed by atoms with Gasteiger partial charge in [-0.2, -0.15) is 0 Å². The van der Waals surface area contributed by atoms with Crippen LogP contribution in [0.2, 0.25) is 0 Å². The van der Waals surface area contributed by atoms with Gasteiger partial charge in [0.25, 0.3) is 0 Å². The third-order valence-corrected chi connectivity index (χ3v) is 3.29. The SMILES string of the molecule is CCC=CCC=CCC=CCC=CCCCCCCCN. The van der Waals surface area contributed by atoms with Gasteiger partial charge in [0.1, 0.15) is 0 Å². The van der Waals surface area contributed by atoms with Gasteiger partial charge in [-0.25, -0.2) is 0 Å². The van der Waals surface area contributed by atoms with Gasteiger partial charge in [0.05, 0.1) is 0 Å². The molecule has 0 radical (unpaired) electrons. The summed E-state index contributed by atoms with van der Waals surface area (Å²) in [6.07, 6.45) is 30.0. The summed E-state index contributed by atoms with van der Waals surface area (Å²) in [5.74, 6) is 0. The van der Waals surface area contributed by atoms with Crippen LogP contribution in [0.3, 0.4) is 0 Å². The van der Waals surface area contributed by atoms with Gasteiger partial charge in [0, 0.05) is 0 Å². The fourth-order valence-electron chi connectivity index (χ4n) is 2.03. The first-order chi connectivity index (χ1) is 10.4. The summed E-state index contributed by atoms with van der Waals surface area (Å²) < 4.78 is 0. The summed E-state index contributed by atoms with van der Waals surface area (Å²) >= 11 is 0. The minimum Gasteiger partial charge on any atom is -0.330 e. The van der Waals surface area contributed by atoms with Crippen LogP contribution in [0.5, 0.6) is 0 Å². The predicted molar refractivity (Wildman–Crippen MR) is 97.5 cm³/mol. The number of allylic oxidation sites excluding steroid dienone is 8. The molecule has 0 aromatic heterocycles. The molecule has 0 aliphatic carbocycles. The number of hydrogen-bond acceptors (Lipinski definition) is 1. The van der Waals surface area contributed by atoms with E-state index in [1.807, 2.05) is 0 Å². The summed E-state index contributed by atoms with van der Waals surface area (Å²) in [5, 5.41) is 0. The van der Waals surface area contributed by atoms with Crippen molar-refractivity contribution in [3.63, 3.8) is 0 Å². The van der Waals surface area contributed by atoms with E-state index in [0.29, 0.717) is 0 Å². The molecule has 0 amide bonds. The van der Waals surface area contributed by atoms with Crippen LogP contribution in [0.1, 0.15) is 71.1 Å². The van der Waals surface area contributed by atoms with Gasteiger partial charge in [-0.05, 0) is 51.5 Å². The molecule has 2 N–H and O–H groups in total. The zero-order valence-corrected chi connectivity index (χ0v) is 14.0. The molecule has 0 rings (SSSR count). The minimum atomic E-state index is 0.844. The predicted octanol–water partition coefficient (Wildman–Crippen LogP) is 6.09. The molecule has 0 atom stereocenters. The molecular formula is C20H35N. The average Bonchev–Trinajstić information content (AvgIpc) is 2.50. The molecule has 120 valence electrons. The molecule has 0 aromatic carbocycles. The van der Waals surface area contributed by atoms with Gasteiger partial charge in [0.15, 0.2) is 0 Å². The van der Waals surface area contributed by atoms with Gasteiger partial charge in [-0.3, -0.25) is 0 Å². The smallest absolute Gasteiger partial charge is 0.00773 e. The second-order valence-electron chi connectivity index (χ2n) is 5.35. The Morgan fingerprint density at radius 3 is 1.62 bits per heavy atom. The molecular weight excluding hydrogens is 254 g/mol. The summed E-state index contributed by atoms with van der Waals surface area (Å²) in [4.78, 5) is 0. The first kappa shape index (κ1) is 19.9. The van der Waals surface area contributed by atoms with Crippen molar-refractivity contribution in [1.82, 2.24) is 0 Å². The quantitative estimate of drug-likeness (QED) is 0.304. The third kappa shape index (κ3) is 18.9. The number of rotatable bonds is 14. The van der Waals surface area contributed by atoms with Crippen LogP contribution in [-0.4, -0.2) is 6.54 Å². The standard InChI is InChI=1S/C20H35N/c1-2-3-4-5-6-7-8-9-10-11-12-13-14-15-16-17-18-19-20-21/h3-4,6-7,9-10,12-13H,2,5,8,11,14-21H2,1H3. The van der Waals surface area contributed by atoms with Crippen molar-refractivity contribution in [2.45, 2.75) is 71.1 Å². The van der Waals surface area contributed by atoms with E-state index in [1.54, 1.807) is 0 Å². The van der Waals surface area contributed by atoms with E-state index in [-0.39, 0.29) is 0 Å². The first-order valence-electron chi connectivity index (χ1n) is 8.71. The van der Waals surface area contributed by atoms with E-state index in [9.17, 15) is 0 Å². The second-order valence-corrected chi connectivity index (χ2v) is 5.35. The Hall–Kier alpha value is -1.08. The summed E-state index contributed by atoms with van der Waals surface area (Å²) in [6, 6.07) is 0. The Balaban J connectivity index is 3.30. The minimum absolute atomic E-state index is 0.844. The highest BCUT2D eigenvalue weighted by molar-refractivity contribution is 4.99. The molecule has 0 aliphatic rings. The van der Waals surface area contributed by atoms with Crippen LogP contribution in [0, 0.1) is 0 Å². The lowest BCUT2D eigenvalue weighted by molar-refractivity contribution is 0.622. The monoisotopic (exact) mass is 289 g/mol. The molecule has 0 bridgehead atoms. The van der Waals surface area contributed by atoms with Crippen molar-refractivity contribution in [2.75, 3.05) is 6.54 Å². The second kappa shape index (κ2) is 18.9. The number of hydrogen-bond donors (Lipinski definition) is 1. The summed E-state index contributed by atoms with van der Waals surface area (Å²) in [7, 11) is 0. The Kier molecular flexibility index (Phi) is 17.9. The normalized spacial score (nSPS) is 12.7. The molecule has 0 aromatic rings. The highest BCUT2D eigenvalue weighted by Gasteiger charge is 1.87. The fourth-order valence-corrected chi connectivity index (χ4v) is 2.03.